The number of fused-ring (bicyclic) bond motifs is 2. The molecule has 0 unspecified atom stereocenters. The molecular formula is C21H21ClO3. The highest BCUT2D eigenvalue weighted by Gasteiger charge is 2.12. The Morgan fingerprint density at radius 3 is 2.32 bits per heavy atom. The lowest BCUT2D eigenvalue weighted by molar-refractivity contribution is 0.104. The van der Waals surface area contributed by atoms with E-state index < -0.39 is 0 Å². The molecule has 0 aliphatic carbocycles. The number of para-hydroxylation sites is 1. The lowest BCUT2D eigenvalue weighted by atomic mass is 10.1. The van der Waals surface area contributed by atoms with Crippen LogP contribution in [0.2, 0.25) is 5.02 Å². The van der Waals surface area contributed by atoms with Crippen molar-refractivity contribution in [1.29, 1.82) is 0 Å². The number of hydrogen-bond acceptors (Lipinski definition) is 3. The van der Waals surface area contributed by atoms with Gasteiger partial charge >= 0.3 is 0 Å². The standard InChI is InChI=1S/C21H21ClO3/c22-17-10-12-21-18(15-17)19(23)11-9-16-7-3-4-8-20(16)24-13-5-1-2-6-14-25-21/h3-4,7-12,15H,1-2,5-6,13-14H2/b11-9-. The van der Waals surface area contributed by atoms with Crippen molar-refractivity contribution in [2.75, 3.05) is 13.2 Å². The lowest BCUT2D eigenvalue weighted by Crippen LogP contribution is -2.04. The first-order valence-electron chi connectivity index (χ1n) is 8.60. The molecule has 0 amide bonds. The molecule has 0 aromatic heterocycles. The third-order valence-electron chi connectivity index (χ3n) is 4.09. The van der Waals surface area contributed by atoms with Crippen LogP contribution in [0.5, 0.6) is 11.5 Å². The van der Waals surface area contributed by atoms with Gasteiger partial charge in [0, 0.05) is 10.6 Å². The maximum atomic E-state index is 12.6. The Balaban J connectivity index is 1.92. The number of ketones is 1. The molecule has 0 saturated heterocycles. The van der Waals surface area contributed by atoms with E-state index in [1.165, 1.54) is 0 Å². The molecule has 0 spiro atoms. The average molecular weight is 357 g/mol. The topological polar surface area (TPSA) is 35.5 Å². The second kappa shape index (κ2) is 8.72. The fourth-order valence-electron chi connectivity index (χ4n) is 2.75. The Hall–Kier alpha value is -2.26. The summed E-state index contributed by atoms with van der Waals surface area (Å²) >= 11 is 6.07. The summed E-state index contributed by atoms with van der Waals surface area (Å²) in [5, 5.41) is 0.519. The minimum atomic E-state index is -0.137. The molecule has 0 bridgehead atoms. The molecule has 130 valence electrons. The van der Waals surface area contributed by atoms with Crippen molar-refractivity contribution in [3.63, 3.8) is 0 Å². The monoisotopic (exact) mass is 356 g/mol. The van der Waals surface area contributed by atoms with Crippen molar-refractivity contribution in [2.45, 2.75) is 25.7 Å². The van der Waals surface area contributed by atoms with E-state index in [1.54, 1.807) is 30.4 Å². The van der Waals surface area contributed by atoms with Crippen LogP contribution in [-0.2, 0) is 0 Å². The van der Waals surface area contributed by atoms with E-state index >= 15 is 0 Å². The van der Waals surface area contributed by atoms with Gasteiger partial charge in [-0.05, 0) is 62.1 Å². The predicted molar refractivity (Wildman–Crippen MR) is 101 cm³/mol. The molecule has 0 atom stereocenters. The molecule has 1 aliphatic heterocycles. The van der Waals surface area contributed by atoms with Gasteiger partial charge in [-0.15, -0.1) is 0 Å². The van der Waals surface area contributed by atoms with Crippen LogP contribution in [0.4, 0.5) is 0 Å². The van der Waals surface area contributed by atoms with E-state index in [0.717, 1.165) is 37.0 Å². The van der Waals surface area contributed by atoms with Gasteiger partial charge in [-0.25, -0.2) is 0 Å². The Morgan fingerprint density at radius 2 is 1.52 bits per heavy atom. The highest BCUT2D eigenvalue weighted by Crippen LogP contribution is 2.26. The highest BCUT2D eigenvalue weighted by atomic mass is 35.5. The Kier molecular flexibility index (Phi) is 6.13. The van der Waals surface area contributed by atoms with E-state index in [-0.39, 0.29) is 5.78 Å². The van der Waals surface area contributed by atoms with Crippen molar-refractivity contribution < 1.29 is 14.3 Å². The van der Waals surface area contributed by atoms with Crippen LogP contribution in [-0.4, -0.2) is 19.0 Å². The van der Waals surface area contributed by atoms with Crippen LogP contribution < -0.4 is 9.47 Å². The quantitative estimate of drug-likeness (QED) is 0.619. The number of ether oxygens (including phenoxy) is 2. The summed E-state index contributed by atoms with van der Waals surface area (Å²) in [6.07, 6.45) is 7.43. The Bertz CT molecular complexity index is 767. The summed E-state index contributed by atoms with van der Waals surface area (Å²) in [5.41, 5.74) is 1.37. The van der Waals surface area contributed by atoms with Gasteiger partial charge in [-0.3, -0.25) is 4.79 Å². The van der Waals surface area contributed by atoms with E-state index in [9.17, 15) is 4.79 Å². The van der Waals surface area contributed by atoms with Gasteiger partial charge in [0.15, 0.2) is 5.78 Å². The predicted octanol–water partition coefficient (Wildman–Crippen LogP) is 5.57. The minimum Gasteiger partial charge on any atom is -0.493 e. The molecule has 2 aromatic carbocycles. The molecule has 0 saturated carbocycles. The zero-order chi connectivity index (χ0) is 17.5. The van der Waals surface area contributed by atoms with Crippen molar-refractivity contribution in [1.82, 2.24) is 0 Å². The number of carbonyl (C=O) groups excluding carboxylic acids is 1. The van der Waals surface area contributed by atoms with Gasteiger partial charge in [0.1, 0.15) is 11.5 Å². The fraction of sp³-hybridized carbons (Fsp3) is 0.286. The van der Waals surface area contributed by atoms with Gasteiger partial charge in [0.05, 0.1) is 18.8 Å². The molecule has 0 N–H and O–H groups in total. The van der Waals surface area contributed by atoms with Crippen molar-refractivity contribution >= 4 is 23.5 Å². The van der Waals surface area contributed by atoms with E-state index in [4.69, 9.17) is 21.1 Å². The molecule has 0 radical (unpaired) electrons. The van der Waals surface area contributed by atoms with E-state index in [0.29, 0.717) is 29.5 Å². The summed E-state index contributed by atoms with van der Waals surface area (Å²) in [7, 11) is 0. The van der Waals surface area contributed by atoms with Gasteiger partial charge < -0.3 is 9.47 Å². The van der Waals surface area contributed by atoms with Crippen LogP contribution in [0.1, 0.15) is 41.6 Å². The van der Waals surface area contributed by atoms with E-state index in [1.807, 2.05) is 24.3 Å². The first-order valence-corrected chi connectivity index (χ1v) is 8.98. The fourth-order valence-corrected chi connectivity index (χ4v) is 2.92. The smallest absolute Gasteiger partial charge is 0.189 e. The zero-order valence-electron chi connectivity index (χ0n) is 14.0. The second-order valence-corrected chi connectivity index (χ2v) is 6.42. The SMILES string of the molecule is O=C1/C=C\c2ccccc2OCCCCCCOc2ccc(Cl)cc21. The summed E-state index contributed by atoms with van der Waals surface area (Å²) in [4.78, 5) is 12.6. The Morgan fingerprint density at radius 1 is 0.800 bits per heavy atom. The minimum absolute atomic E-state index is 0.137. The van der Waals surface area contributed by atoms with Gasteiger partial charge in [0.25, 0.3) is 0 Å². The maximum Gasteiger partial charge on any atom is 0.189 e. The third kappa shape index (κ3) is 4.86. The molecule has 25 heavy (non-hydrogen) atoms. The summed E-state index contributed by atoms with van der Waals surface area (Å²) in [6.45, 7) is 1.27. The molecule has 4 heteroatoms. The molecule has 1 aliphatic rings. The molecular weight excluding hydrogens is 336 g/mol. The Labute approximate surface area is 153 Å². The van der Waals surface area contributed by atoms with Gasteiger partial charge in [-0.1, -0.05) is 29.8 Å². The van der Waals surface area contributed by atoms with Crippen LogP contribution in [0.15, 0.2) is 48.5 Å². The van der Waals surface area contributed by atoms with Crippen molar-refractivity contribution in [3.8, 4) is 11.5 Å². The first-order chi connectivity index (χ1) is 12.2. The normalized spacial score (nSPS) is 17.1. The number of hydrogen-bond donors (Lipinski definition) is 0. The molecule has 0 fully saturated rings. The van der Waals surface area contributed by atoms with Gasteiger partial charge in [0.2, 0.25) is 0 Å². The second-order valence-electron chi connectivity index (χ2n) is 5.99. The van der Waals surface area contributed by atoms with Crippen LogP contribution in [0.3, 0.4) is 0 Å². The number of allylic oxidation sites excluding steroid dienone is 1. The number of benzene rings is 2. The maximum absolute atomic E-state index is 12.6. The highest BCUT2D eigenvalue weighted by molar-refractivity contribution is 6.31. The summed E-state index contributed by atoms with van der Waals surface area (Å²) < 4.78 is 11.7. The molecule has 2 aromatic rings. The molecule has 3 rings (SSSR count). The average Bonchev–Trinajstić information content (AvgIpc) is 2.63. The van der Waals surface area contributed by atoms with Crippen molar-refractivity contribution in [3.05, 3.63) is 64.7 Å². The molecule has 1 heterocycles. The van der Waals surface area contributed by atoms with Gasteiger partial charge in [-0.2, -0.15) is 0 Å². The zero-order valence-corrected chi connectivity index (χ0v) is 14.8. The summed E-state index contributed by atoms with van der Waals surface area (Å²) in [6, 6.07) is 12.9. The van der Waals surface area contributed by atoms with Crippen molar-refractivity contribution in [2.24, 2.45) is 0 Å². The number of rotatable bonds is 0. The lowest BCUT2D eigenvalue weighted by Gasteiger charge is -2.10. The number of halogens is 1. The third-order valence-corrected chi connectivity index (χ3v) is 4.33. The summed E-state index contributed by atoms with van der Waals surface area (Å²) in [5.74, 6) is 1.24. The first kappa shape index (κ1) is 17.6. The van der Waals surface area contributed by atoms with Crippen LogP contribution in [0.25, 0.3) is 6.08 Å². The molecule has 3 nitrogen and oxygen atoms in total. The number of carbonyl (C=O) groups is 1. The van der Waals surface area contributed by atoms with E-state index in [2.05, 4.69) is 0 Å². The van der Waals surface area contributed by atoms with Crippen LogP contribution >= 0.6 is 11.6 Å². The van der Waals surface area contributed by atoms with Crippen LogP contribution in [0, 0.1) is 0 Å². The largest absolute Gasteiger partial charge is 0.493 e.